The van der Waals surface area contributed by atoms with E-state index in [4.69, 9.17) is 4.74 Å². The molecule has 0 aliphatic heterocycles. The van der Waals surface area contributed by atoms with E-state index in [9.17, 15) is 13.2 Å². The number of alkyl halides is 3. The Labute approximate surface area is 135 Å². The summed E-state index contributed by atoms with van der Waals surface area (Å²) in [4.78, 5) is 6.06. The summed E-state index contributed by atoms with van der Waals surface area (Å²) in [6.45, 7) is 1.05. The Morgan fingerprint density at radius 3 is 2.57 bits per heavy atom. The van der Waals surface area contributed by atoms with E-state index in [1.165, 1.54) is 0 Å². The van der Waals surface area contributed by atoms with Crippen LogP contribution in [-0.4, -0.2) is 44.8 Å². The van der Waals surface area contributed by atoms with Crippen molar-refractivity contribution in [3.63, 3.8) is 0 Å². The van der Waals surface area contributed by atoms with Gasteiger partial charge in [-0.05, 0) is 18.9 Å². The predicted octanol–water partition coefficient (Wildman–Crippen LogP) is 3.44. The second-order valence-corrected chi connectivity index (χ2v) is 5.21. The van der Waals surface area contributed by atoms with Gasteiger partial charge < -0.3 is 15.0 Å². The van der Waals surface area contributed by atoms with Gasteiger partial charge in [-0.25, -0.2) is 0 Å². The zero-order valence-corrected chi connectivity index (χ0v) is 13.8. The van der Waals surface area contributed by atoms with E-state index in [2.05, 4.69) is 10.3 Å². The van der Waals surface area contributed by atoms with Crippen LogP contribution in [-0.2, 0) is 6.54 Å². The molecule has 7 heteroatoms. The molecule has 1 aromatic carbocycles. The molecule has 130 valence electrons. The van der Waals surface area contributed by atoms with Gasteiger partial charge in [-0.3, -0.25) is 4.99 Å². The molecule has 1 rings (SSSR count). The number of methoxy groups -OCH3 is 1. The lowest BCUT2D eigenvalue weighted by Gasteiger charge is -2.23. The number of ether oxygens (including phenoxy) is 1. The van der Waals surface area contributed by atoms with Crippen molar-refractivity contribution in [1.29, 1.82) is 0 Å². The Morgan fingerprint density at radius 1 is 1.26 bits per heavy atom. The fourth-order valence-electron chi connectivity index (χ4n) is 2.20. The third-order valence-electron chi connectivity index (χ3n) is 3.34. The highest BCUT2D eigenvalue weighted by atomic mass is 19.4. The van der Waals surface area contributed by atoms with E-state index >= 15 is 0 Å². The molecule has 4 nitrogen and oxygen atoms in total. The first-order valence-corrected chi connectivity index (χ1v) is 7.48. The molecule has 0 fully saturated rings. The molecule has 23 heavy (non-hydrogen) atoms. The summed E-state index contributed by atoms with van der Waals surface area (Å²) in [5.74, 6) is 1.43. The lowest BCUT2D eigenvalue weighted by Crippen LogP contribution is -2.39. The molecular weight excluding hydrogens is 307 g/mol. The van der Waals surface area contributed by atoms with Crippen LogP contribution in [0.2, 0.25) is 0 Å². The van der Waals surface area contributed by atoms with Crippen LogP contribution in [0.1, 0.15) is 24.8 Å². The first kappa shape index (κ1) is 19.1. The van der Waals surface area contributed by atoms with Crippen molar-refractivity contribution in [2.24, 2.45) is 4.99 Å². The van der Waals surface area contributed by atoms with Crippen LogP contribution in [0.25, 0.3) is 0 Å². The van der Waals surface area contributed by atoms with Crippen LogP contribution in [0.3, 0.4) is 0 Å². The van der Waals surface area contributed by atoms with Crippen LogP contribution in [0.5, 0.6) is 5.75 Å². The summed E-state index contributed by atoms with van der Waals surface area (Å²) in [6, 6.07) is 7.68. The summed E-state index contributed by atoms with van der Waals surface area (Å²) in [6.07, 6.45) is -4.27. The zero-order chi connectivity index (χ0) is 17.3. The Morgan fingerprint density at radius 2 is 1.96 bits per heavy atom. The van der Waals surface area contributed by atoms with Gasteiger partial charge in [0.2, 0.25) is 0 Å². The van der Waals surface area contributed by atoms with E-state index in [-0.39, 0.29) is 6.42 Å². The van der Waals surface area contributed by atoms with Crippen molar-refractivity contribution in [3.05, 3.63) is 29.8 Å². The highest BCUT2D eigenvalue weighted by Gasteiger charge is 2.25. The summed E-state index contributed by atoms with van der Waals surface area (Å²) in [5, 5.41) is 3.08. The molecule has 0 aliphatic carbocycles. The second kappa shape index (κ2) is 9.27. The number of nitrogens with one attached hydrogen (secondary N) is 1. The summed E-state index contributed by atoms with van der Waals surface area (Å²) < 4.78 is 41.6. The number of hydrogen-bond acceptors (Lipinski definition) is 2. The minimum Gasteiger partial charge on any atom is -0.496 e. The normalized spacial score (nSPS) is 12.2. The number of rotatable bonds is 7. The molecule has 0 atom stereocenters. The molecule has 0 saturated heterocycles. The predicted molar refractivity (Wildman–Crippen MR) is 85.7 cm³/mol. The summed E-state index contributed by atoms with van der Waals surface area (Å²) in [5.41, 5.74) is 1.01. The second-order valence-electron chi connectivity index (χ2n) is 5.21. The number of aliphatic imine (C=N–C) groups is 1. The Balaban J connectivity index is 2.45. The number of nitrogens with zero attached hydrogens (tertiary/aromatic N) is 2. The molecule has 1 N–H and O–H groups in total. The number of para-hydroxylation sites is 1. The zero-order valence-electron chi connectivity index (χ0n) is 13.8. The maximum Gasteiger partial charge on any atom is 0.389 e. The highest BCUT2D eigenvalue weighted by Crippen LogP contribution is 2.22. The molecule has 0 bridgehead atoms. The largest absolute Gasteiger partial charge is 0.496 e. The first-order chi connectivity index (χ1) is 10.9. The molecule has 0 aliphatic rings. The Kier molecular flexibility index (Phi) is 7.71. The van der Waals surface area contributed by atoms with E-state index in [0.29, 0.717) is 25.5 Å². The lowest BCUT2D eigenvalue weighted by molar-refractivity contribution is -0.135. The lowest BCUT2D eigenvalue weighted by atomic mass is 10.2. The van der Waals surface area contributed by atoms with Gasteiger partial charge in [-0.1, -0.05) is 18.2 Å². The molecular formula is C16H24F3N3O. The molecule has 0 unspecified atom stereocenters. The van der Waals surface area contributed by atoms with Gasteiger partial charge in [0.15, 0.2) is 5.96 Å². The molecule has 0 amide bonds. The molecule has 0 saturated carbocycles. The number of halogens is 3. The molecule has 0 spiro atoms. The minimum atomic E-state index is -4.08. The van der Waals surface area contributed by atoms with Crippen LogP contribution in [0.4, 0.5) is 13.2 Å². The Bertz CT molecular complexity index is 504. The fraction of sp³-hybridized carbons (Fsp3) is 0.562. The summed E-state index contributed by atoms with van der Waals surface area (Å²) in [7, 11) is 5.14. The van der Waals surface area contributed by atoms with Gasteiger partial charge in [0.05, 0.1) is 7.11 Å². The van der Waals surface area contributed by atoms with Crippen LogP contribution in [0, 0.1) is 0 Å². The third-order valence-corrected chi connectivity index (χ3v) is 3.34. The monoisotopic (exact) mass is 331 g/mol. The number of benzene rings is 1. The number of hydrogen-bond donors (Lipinski definition) is 1. The van der Waals surface area contributed by atoms with Gasteiger partial charge in [-0.2, -0.15) is 13.2 Å². The topological polar surface area (TPSA) is 36.9 Å². The third kappa shape index (κ3) is 7.25. The van der Waals surface area contributed by atoms with E-state index in [1.54, 1.807) is 14.2 Å². The van der Waals surface area contributed by atoms with Gasteiger partial charge in [0, 0.05) is 39.2 Å². The summed E-state index contributed by atoms with van der Waals surface area (Å²) >= 11 is 0. The van der Waals surface area contributed by atoms with Crippen molar-refractivity contribution in [2.75, 3.05) is 27.7 Å². The van der Waals surface area contributed by atoms with Gasteiger partial charge in [-0.15, -0.1) is 0 Å². The van der Waals surface area contributed by atoms with E-state index in [1.807, 2.05) is 36.2 Å². The quantitative estimate of drug-likeness (QED) is 0.472. The molecule has 1 aromatic rings. The van der Waals surface area contributed by atoms with Crippen LogP contribution < -0.4 is 10.1 Å². The fourth-order valence-corrected chi connectivity index (χ4v) is 2.20. The molecule has 0 heterocycles. The van der Waals surface area contributed by atoms with Crippen molar-refractivity contribution < 1.29 is 17.9 Å². The smallest absolute Gasteiger partial charge is 0.389 e. The number of unbranched alkanes of at least 4 members (excludes halogenated alkanes) is 1. The van der Waals surface area contributed by atoms with E-state index < -0.39 is 12.6 Å². The number of guanidine groups is 1. The highest BCUT2D eigenvalue weighted by molar-refractivity contribution is 5.79. The van der Waals surface area contributed by atoms with Gasteiger partial charge in [0.1, 0.15) is 5.75 Å². The van der Waals surface area contributed by atoms with Crippen LogP contribution >= 0.6 is 0 Å². The average molecular weight is 331 g/mol. The molecule has 0 radical (unpaired) electrons. The maximum atomic E-state index is 12.1. The molecule has 0 aromatic heterocycles. The van der Waals surface area contributed by atoms with Gasteiger partial charge in [0.25, 0.3) is 0 Å². The standard InChI is InChI=1S/C16H24F3N3O/c1-20-15(21-11-7-6-10-16(17,18)19)22(2)12-13-8-4-5-9-14(13)23-3/h4-5,8-9H,6-7,10-12H2,1-3H3,(H,20,21). The van der Waals surface area contributed by atoms with Gasteiger partial charge >= 0.3 is 6.18 Å². The van der Waals surface area contributed by atoms with Crippen LogP contribution in [0.15, 0.2) is 29.3 Å². The van der Waals surface area contributed by atoms with Crippen molar-refractivity contribution >= 4 is 5.96 Å². The Hall–Kier alpha value is -1.92. The van der Waals surface area contributed by atoms with Crippen molar-refractivity contribution in [3.8, 4) is 5.75 Å². The van der Waals surface area contributed by atoms with E-state index in [0.717, 1.165) is 11.3 Å². The van der Waals surface area contributed by atoms with Crippen molar-refractivity contribution in [2.45, 2.75) is 32.0 Å². The SMILES string of the molecule is CN=C(NCCCCC(F)(F)F)N(C)Cc1ccccc1OC. The maximum absolute atomic E-state index is 12.1. The van der Waals surface area contributed by atoms with Crippen molar-refractivity contribution in [1.82, 2.24) is 10.2 Å². The average Bonchev–Trinajstić information content (AvgIpc) is 2.50. The first-order valence-electron chi connectivity index (χ1n) is 7.48. The minimum absolute atomic E-state index is 0.115.